The Morgan fingerprint density at radius 3 is 1.44 bits per heavy atom. The molecule has 0 spiro atoms. The molecule has 1 heterocycles. The minimum absolute atomic E-state index is 0.00345. The number of amides is 2. The standard InChI is InChI=1S/C16H11F2N5O2/c17-11-5-1-9(2-6-11)13(24)19-15-21-16(23-22-15)20-14(25)10-3-7-12(18)8-4-10/h1-8H,(H3,19,20,21,22,23,24,25). The van der Waals surface area contributed by atoms with E-state index in [9.17, 15) is 18.4 Å². The lowest BCUT2D eigenvalue weighted by atomic mass is 10.2. The van der Waals surface area contributed by atoms with Gasteiger partial charge in [-0.3, -0.25) is 25.2 Å². The fraction of sp³-hybridized carbons (Fsp3) is 0. The highest BCUT2D eigenvalue weighted by Gasteiger charge is 2.12. The molecule has 0 aliphatic carbocycles. The van der Waals surface area contributed by atoms with Gasteiger partial charge in [-0.1, -0.05) is 0 Å². The van der Waals surface area contributed by atoms with E-state index < -0.39 is 23.4 Å². The molecule has 2 aromatic carbocycles. The number of halogens is 2. The number of carbonyl (C=O) groups is 2. The van der Waals surface area contributed by atoms with E-state index in [0.29, 0.717) is 0 Å². The molecule has 0 atom stereocenters. The molecular formula is C16H11F2N5O2. The molecule has 3 rings (SSSR count). The average molecular weight is 343 g/mol. The van der Waals surface area contributed by atoms with Crippen LogP contribution in [0.4, 0.5) is 20.7 Å². The maximum atomic E-state index is 12.8. The lowest BCUT2D eigenvalue weighted by Crippen LogP contribution is -2.14. The summed E-state index contributed by atoms with van der Waals surface area (Å²) >= 11 is 0. The summed E-state index contributed by atoms with van der Waals surface area (Å²) < 4.78 is 25.7. The minimum Gasteiger partial charge on any atom is -0.293 e. The summed E-state index contributed by atoms with van der Waals surface area (Å²) in [4.78, 5) is 26.5. The van der Waals surface area contributed by atoms with Crippen LogP contribution in [0.1, 0.15) is 20.7 Å². The monoisotopic (exact) mass is 343 g/mol. The van der Waals surface area contributed by atoms with E-state index >= 15 is 0 Å². The van der Waals surface area contributed by atoms with Crippen molar-refractivity contribution in [2.75, 3.05) is 10.6 Å². The summed E-state index contributed by atoms with van der Waals surface area (Å²) in [7, 11) is 0. The van der Waals surface area contributed by atoms with Crippen molar-refractivity contribution in [3.63, 3.8) is 0 Å². The Labute approximate surface area is 140 Å². The Kier molecular flexibility index (Phi) is 4.46. The van der Waals surface area contributed by atoms with Crippen LogP contribution in [0.2, 0.25) is 0 Å². The van der Waals surface area contributed by atoms with Crippen molar-refractivity contribution in [3.8, 4) is 0 Å². The number of aromatic amines is 1. The molecule has 0 aliphatic rings. The number of anilines is 2. The van der Waals surface area contributed by atoms with Gasteiger partial charge in [0.2, 0.25) is 11.9 Å². The lowest BCUT2D eigenvalue weighted by Gasteiger charge is -2.02. The van der Waals surface area contributed by atoms with Gasteiger partial charge in [-0.25, -0.2) is 8.78 Å². The molecular weight excluding hydrogens is 332 g/mol. The predicted octanol–water partition coefficient (Wildman–Crippen LogP) is 2.59. The van der Waals surface area contributed by atoms with Crippen molar-refractivity contribution in [3.05, 3.63) is 71.3 Å². The number of hydrogen-bond donors (Lipinski definition) is 3. The largest absolute Gasteiger partial charge is 0.293 e. The number of benzene rings is 2. The van der Waals surface area contributed by atoms with Gasteiger partial charge in [0.05, 0.1) is 0 Å². The summed E-state index contributed by atoms with van der Waals surface area (Å²) in [6, 6.07) is 9.90. The van der Waals surface area contributed by atoms with Crippen molar-refractivity contribution in [2.45, 2.75) is 0 Å². The van der Waals surface area contributed by atoms with Gasteiger partial charge in [0, 0.05) is 11.1 Å². The molecule has 0 aliphatic heterocycles. The zero-order chi connectivity index (χ0) is 17.8. The minimum atomic E-state index is -0.521. The number of aromatic nitrogens is 3. The Morgan fingerprint density at radius 1 is 0.720 bits per heavy atom. The molecule has 25 heavy (non-hydrogen) atoms. The quantitative estimate of drug-likeness (QED) is 0.678. The maximum absolute atomic E-state index is 12.8. The van der Waals surface area contributed by atoms with E-state index in [1.165, 1.54) is 24.3 Å². The second kappa shape index (κ2) is 6.87. The highest BCUT2D eigenvalue weighted by molar-refractivity contribution is 6.04. The normalized spacial score (nSPS) is 10.3. The third-order valence-corrected chi connectivity index (χ3v) is 3.16. The Balaban J connectivity index is 1.64. The van der Waals surface area contributed by atoms with Crippen LogP contribution in [0.15, 0.2) is 48.5 Å². The smallest absolute Gasteiger partial charge is 0.258 e. The lowest BCUT2D eigenvalue weighted by molar-refractivity contribution is 0.101. The van der Waals surface area contributed by atoms with E-state index in [0.717, 1.165) is 24.3 Å². The zero-order valence-corrected chi connectivity index (χ0v) is 12.6. The molecule has 7 nitrogen and oxygen atoms in total. The van der Waals surface area contributed by atoms with Crippen LogP contribution < -0.4 is 10.6 Å². The van der Waals surface area contributed by atoms with Crippen molar-refractivity contribution < 1.29 is 18.4 Å². The topological polar surface area (TPSA) is 99.8 Å². The number of carbonyl (C=O) groups excluding carboxylic acids is 2. The fourth-order valence-electron chi connectivity index (χ4n) is 1.94. The van der Waals surface area contributed by atoms with Crippen molar-refractivity contribution in [1.29, 1.82) is 0 Å². The van der Waals surface area contributed by atoms with Crippen LogP contribution in [0.3, 0.4) is 0 Å². The number of rotatable bonds is 4. The van der Waals surface area contributed by atoms with E-state index in [-0.39, 0.29) is 23.0 Å². The van der Waals surface area contributed by atoms with Crippen molar-refractivity contribution in [1.82, 2.24) is 15.2 Å². The molecule has 0 fully saturated rings. The van der Waals surface area contributed by atoms with Crippen LogP contribution in [0, 0.1) is 11.6 Å². The van der Waals surface area contributed by atoms with Crippen LogP contribution in [-0.2, 0) is 0 Å². The van der Waals surface area contributed by atoms with Crippen LogP contribution in [0.25, 0.3) is 0 Å². The number of hydrogen-bond acceptors (Lipinski definition) is 4. The fourth-order valence-corrected chi connectivity index (χ4v) is 1.94. The second-order valence-corrected chi connectivity index (χ2v) is 4.94. The summed E-state index contributed by atoms with van der Waals surface area (Å²) in [5.41, 5.74) is 0.462. The van der Waals surface area contributed by atoms with Gasteiger partial charge in [-0.2, -0.15) is 0 Å². The van der Waals surface area contributed by atoms with E-state index in [1.54, 1.807) is 0 Å². The summed E-state index contributed by atoms with van der Waals surface area (Å²) in [5.74, 6) is -1.95. The average Bonchev–Trinajstić information content (AvgIpc) is 3.02. The number of nitrogens with zero attached hydrogens (tertiary/aromatic N) is 2. The first-order valence-corrected chi connectivity index (χ1v) is 7.08. The molecule has 0 unspecified atom stereocenters. The van der Waals surface area contributed by atoms with Crippen LogP contribution in [0.5, 0.6) is 0 Å². The first-order chi connectivity index (χ1) is 12.0. The van der Waals surface area contributed by atoms with E-state index in [2.05, 4.69) is 25.8 Å². The highest BCUT2D eigenvalue weighted by atomic mass is 19.1. The Morgan fingerprint density at radius 2 is 1.08 bits per heavy atom. The SMILES string of the molecule is O=C(Nc1nnc(NC(=O)c2ccc(F)cc2)[nH]1)c1ccc(F)cc1. The number of H-pyrrole nitrogens is 1. The van der Waals surface area contributed by atoms with Crippen molar-refractivity contribution >= 4 is 23.7 Å². The Hall–Kier alpha value is -3.62. The van der Waals surface area contributed by atoms with E-state index in [1.807, 2.05) is 0 Å². The maximum Gasteiger partial charge on any atom is 0.258 e. The van der Waals surface area contributed by atoms with Gasteiger partial charge in [0.1, 0.15) is 11.6 Å². The highest BCUT2D eigenvalue weighted by Crippen LogP contribution is 2.10. The molecule has 2 amide bonds. The van der Waals surface area contributed by atoms with Crippen LogP contribution in [-0.4, -0.2) is 27.0 Å². The molecule has 1 aromatic heterocycles. The summed E-state index contributed by atoms with van der Waals surface area (Å²) in [6.45, 7) is 0. The molecule has 0 bridgehead atoms. The third kappa shape index (κ3) is 4.02. The molecule has 0 saturated heterocycles. The predicted molar refractivity (Wildman–Crippen MR) is 85.1 cm³/mol. The molecule has 3 N–H and O–H groups in total. The molecule has 9 heteroatoms. The number of nitrogens with one attached hydrogen (secondary N) is 3. The first-order valence-electron chi connectivity index (χ1n) is 7.08. The van der Waals surface area contributed by atoms with Gasteiger partial charge in [-0.05, 0) is 48.5 Å². The van der Waals surface area contributed by atoms with Gasteiger partial charge in [-0.15, -0.1) is 10.2 Å². The third-order valence-electron chi connectivity index (χ3n) is 3.16. The molecule has 126 valence electrons. The van der Waals surface area contributed by atoms with Gasteiger partial charge < -0.3 is 0 Å². The van der Waals surface area contributed by atoms with Crippen LogP contribution >= 0.6 is 0 Å². The summed E-state index contributed by atoms with van der Waals surface area (Å²) in [6.07, 6.45) is 0. The van der Waals surface area contributed by atoms with E-state index in [4.69, 9.17) is 0 Å². The van der Waals surface area contributed by atoms with Gasteiger partial charge in [0.25, 0.3) is 11.8 Å². The zero-order valence-electron chi connectivity index (χ0n) is 12.6. The van der Waals surface area contributed by atoms with Crippen molar-refractivity contribution in [2.24, 2.45) is 0 Å². The first kappa shape index (κ1) is 16.2. The van der Waals surface area contributed by atoms with Gasteiger partial charge >= 0.3 is 0 Å². The van der Waals surface area contributed by atoms with Gasteiger partial charge in [0.15, 0.2) is 0 Å². The molecule has 0 saturated carbocycles. The molecule has 3 aromatic rings. The molecule has 0 radical (unpaired) electrons. The second-order valence-electron chi connectivity index (χ2n) is 4.94. The summed E-state index contributed by atoms with van der Waals surface area (Å²) in [5, 5.41) is 12.2. The Bertz CT molecular complexity index is 833.